The first-order valence-electron chi connectivity index (χ1n) is 17.0. The summed E-state index contributed by atoms with van der Waals surface area (Å²) in [5.41, 5.74) is 9.35. The van der Waals surface area contributed by atoms with Gasteiger partial charge in [-0.25, -0.2) is 9.37 Å². The second kappa shape index (κ2) is 12.5. The van der Waals surface area contributed by atoms with Gasteiger partial charge in [0, 0.05) is 53.1 Å². The van der Waals surface area contributed by atoms with Gasteiger partial charge in [0.1, 0.15) is 23.0 Å². The van der Waals surface area contributed by atoms with Crippen molar-refractivity contribution in [2.24, 2.45) is 0 Å². The Bertz CT molecular complexity index is 1780. The fourth-order valence-electron chi connectivity index (χ4n) is 8.82. The highest BCUT2D eigenvalue weighted by Gasteiger charge is 2.48. The number of nitrogen functional groups attached to an aromatic ring is 1. The van der Waals surface area contributed by atoms with Crippen molar-refractivity contribution < 1.29 is 18.4 Å². The van der Waals surface area contributed by atoms with Crippen LogP contribution < -0.4 is 15.4 Å². The lowest BCUT2D eigenvalue weighted by molar-refractivity contribution is -0.133. The van der Waals surface area contributed by atoms with Crippen LogP contribution in [0, 0.1) is 11.3 Å². The van der Waals surface area contributed by atoms with Gasteiger partial charge in [-0.3, -0.25) is 9.69 Å². The zero-order chi connectivity index (χ0) is 33.9. The van der Waals surface area contributed by atoms with Crippen LogP contribution in [0.3, 0.4) is 0 Å². The number of thiophene rings is 1. The fraction of sp³-hybridized carbons (Fsp3) is 0.571. The fourth-order valence-corrected chi connectivity index (χ4v) is 9.98. The smallest absolute Gasteiger partial charge is 0.282 e. The maximum Gasteiger partial charge on any atom is 0.282 e. The van der Waals surface area contributed by atoms with Crippen LogP contribution in [-0.4, -0.2) is 81.7 Å². The van der Waals surface area contributed by atoms with Crippen molar-refractivity contribution in [2.45, 2.75) is 102 Å². The molecule has 0 radical (unpaired) electrons. The van der Waals surface area contributed by atoms with Crippen LogP contribution in [0.4, 0.5) is 15.2 Å². The normalized spacial score (nSPS) is 26.2. The molecule has 2 aliphatic carbocycles. The van der Waals surface area contributed by atoms with Crippen LogP contribution in [0.2, 0.25) is 0 Å². The van der Waals surface area contributed by atoms with Crippen LogP contribution in [0.25, 0.3) is 11.6 Å². The van der Waals surface area contributed by atoms with E-state index < -0.39 is 17.1 Å². The monoisotopic (exact) mass is 674 g/mol. The summed E-state index contributed by atoms with van der Waals surface area (Å²) in [4.78, 5) is 29.7. The van der Waals surface area contributed by atoms with Crippen molar-refractivity contribution in [2.75, 3.05) is 37.3 Å². The summed E-state index contributed by atoms with van der Waals surface area (Å²) in [6.45, 7) is 11.0. The largest absolute Gasteiger partial charge is 0.473 e. The summed E-state index contributed by atoms with van der Waals surface area (Å²) in [5, 5.41) is 15.4. The lowest BCUT2D eigenvalue weighted by atomic mass is 9.62. The number of fused-ring (bicyclic) bond motifs is 4. The van der Waals surface area contributed by atoms with Gasteiger partial charge in [0.05, 0.1) is 11.3 Å². The van der Waals surface area contributed by atoms with Crippen molar-refractivity contribution in [3.63, 3.8) is 0 Å². The SMILES string of the molecule is C=C(F)C(=O)N1C(C)CN(c2cc(O[C@@H](C)C3CCCN3C)nc(-c3onc4c3CCC[C@@]43CCCc4sc(N)c(C#N)c43)n2)C[C@@H]1C. The Kier molecular flexibility index (Phi) is 8.44. The second-order valence-corrected chi connectivity index (χ2v) is 15.1. The molecule has 254 valence electrons. The number of carbonyl (C=O) groups is 1. The molecule has 3 aromatic rings. The highest BCUT2D eigenvalue weighted by molar-refractivity contribution is 7.16. The number of aryl methyl sites for hydroxylation is 1. The lowest BCUT2D eigenvalue weighted by Crippen LogP contribution is -2.59. The minimum absolute atomic E-state index is 0.114. The molecule has 4 aliphatic rings. The average Bonchev–Trinajstić information content (AvgIpc) is 3.77. The van der Waals surface area contributed by atoms with E-state index in [1.807, 2.05) is 19.9 Å². The van der Waals surface area contributed by atoms with Gasteiger partial charge >= 0.3 is 0 Å². The number of ether oxygens (including phenoxy) is 1. The molecule has 0 bridgehead atoms. The Morgan fingerprint density at radius 2 is 1.96 bits per heavy atom. The van der Waals surface area contributed by atoms with Gasteiger partial charge in [-0.05, 0) is 91.3 Å². The summed E-state index contributed by atoms with van der Waals surface area (Å²) >= 11 is 1.52. The summed E-state index contributed by atoms with van der Waals surface area (Å²) < 4.78 is 26.7. The Labute approximate surface area is 284 Å². The van der Waals surface area contributed by atoms with Gasteiger partial charge in [-0.15, -0.1) is 11.3 Å². The predicted molar refractivity (Wildman–Crippen MR) is 182 cm³/mol. The maximum atomic E-state index is 13.9. The standard InChI is InChI=1S/C35H43FN8O3S/c1-19-17-43(18-20(2)44(19)34(45)21(3)36)27-15-28(46-22(4)25-10-8-14-42(25)5)40-33(39-27)30-23-9-6-12-35(31(23)41-47-30)13-7-11-26-29(35)24(16-37)32(38)48-26/h15,19-20,22,25H,3,6-14,17-18,38H2,1-2,4-5H3/t19-,20?,22-,25?,35-/m0/s1. The summed E-state index contributed by atoms with van der Waals surface area (Å²) in [7, 11) is 2.12. The highest BCUT2D eigenvalue weighted by atomic mass is 32.1. The molecule has 0 aromatic carbocycles. The van der Waals surface area contributed by atoms with Gasteiger partial charge in [-0.2, -0.15) is 10.2 Å². The van der Waals surface area contributed by atoms with E-state index in [0.717, 1.165) is 74.7 Å². The molecular weight excluding hydrogens is 632 g/mol. The van der Waals surface area contributed by atoms with E-state index in [-0.39, 0.29) is 24.2 Å². The molecule has 2 N–H and O–H groups in total. The van der Waals surface area contributed by atoms with Crippen molar-refractivity contribution in [3.05, 3.63) is 45.7 Å². The lowest BCUT2D eigenvalue weighted by Gasteiger charge is -2.44. The molecule has 2 unspecified atom stereocenters. The minimum Gasteiger partial charge on any atom is -0.473 e. The number of nitriles is 1. The number of amides is 1. The molecule has 1 spiro atoms. The third-order valence-corrected chi connectivity index (χ3v) is 12.0. The number of halogens is 1. The zero-order valence-corrected chi connectivity index (χ0v) is 28.9. The van der Waals surface area contributed by atoms with Gasteiger partial charge in [0.2, 0.25) is 17.5 Å². The van der Waals surface area contributed by atoms with E-state index in [1.165, 1.54) is 16.2 Å². The molecule has 7 rings (SSSR count). The van der Waals surface area contributed by atoms with Gasteiger partial charge < -0.3 is 24.8 Å². The molecule has 48 heavy (non-hydrogen) atoms. The molecule has 2 aliphatic heterocycles. The Hall–Kier alpha value is -4.02. The van der Waals surface area contributed by atoms with Crippen molar-refractivity contribution >= 4 is 28.1 Å². The molecule has 0 saturated carbocycles. The van der Waals surface area contributed by atoms with Crippen LogP contribution in [-0.2, 0) is 23.1 Å². The van der Waals surface area contributed by atoms with Crippen molar-refractivity contribution in [3.8, 4) is 23.5 Å². The highest BCUT2D eigenvalue weighted by Crippen LogP contribution is 2.54. The van der Waals surface area contributed by atoms with E-state index in [0.29, 0.717) is 46.9 Å². The summed E-state index contributed by atoms with van der Waals surface area (Å²) in [6, 6.07) is 3.94. The molecule has 5 atom stereocenters. The van der Waals surface area contributed by atoms with E-state index in [2.05, 4.69) is 36.4 Å². The average molecular weight is 675 g/mol. The molecule has 2 fully saturated rings. The van der Waals surface area contributed by atoms with E-state index >= 15 is 0 Å². The molecule has 13 heteroatoms. The van der Waals surface area contributed by atoms with Crippen molar-refractivity contribution in [1.29, 1.82) is 5.26 Å². The topological polar surface area (TPSA) is 138 Å². The number of hydrogen-bond acceptors (Lipinski definition) is 11. The first-order valence-corrected chi connectivity index (χ1v) is 17.8. The summed E-state index contributed by atoms with van der Waals surface area (Å²) in [6.07, 6.45) is 7.34. The quantitative estimate of drug-likeness (QED) is 0.340. The molecule has 11 nitrogen and oxygen atoms in total. The number of anilines is 2. The van der Waals surface area contributed by atoms with Gasteiger partial charge in [-0.1, -0.05) is 11.7 Å². The molecule has 2 saturated heterocycles. The Morgan fingerprint density at radius 1 is 1.23 bits per heavy atom. The number of nitrogens with zero attached hydrogens (tertiary/aromatic N) is 7. The number of rotatable bonds is 6. The predicted octanol–water partition coefficient (Wildman–Crippen LogP) is 5.38. The molecular formula is C35H43FN8O3S. The van der Waals surface area contributed by atoms with Crippen LogP contribution >= 0.6 is 11.3 Å². The number of piperazine rings is 1. The molecule has 1 amide bonds. The van der Waals surface area contributed by atoms with Crippen LogP contribution in [0.1, 0.15) is 86.6 Å². The number of nitrogens with two attached hydrogens (primary N) is 1. The number of likely N-dealkylation sites (N-methyl/N-ethyl adjacent to an activating group) is 1. The van der Waals surface area contributed by atoms with Crippen LogP contribution in [0.5, 0.6) is 5.88 Å². The number of likely N-dealkylation sites (tertiary alicyclic amines) is 1. The first-order chi connectivity index (χ1) is 23.0. The minimum atomic E-state index is -0.960. The number of aromatic nitrogens is 3. The van der Waals surface area contributed by atoms with E-state index in [1.54, 1.807) is 4.90 Å². The number of carbonyl (C=O) groups excluding carboxylic acids is 1. The zero-order valence-electron chi connectivity index (χ0n) is 28.1. The van der Waals surface area contributed by atoms with E-state index in [4.69, 9.17) is 30.1 Å². The van der Waals surface area contributed by atoms with Crippen LogP contribution in [0.15, 0.2) is 23.0 Å². The van der Waals surface area contributed by atoms with E-state index in [9.17, 15) is 14.4 Å². The first kappa shape index (κ1) is 32.5. The van der Waals surface area contributed by atoms with Gasteiger partial charge in [0.25, 0.3) is 5.91 Å². The second-order valence-electron chi connectivity index (χ2n) is 14.0. The van der Waals surface area contributed by atoms with Gasteiger partial charge in [0.15, 0.2) is 5.83 Å². The maximum absolute atomic E-state index is 13.9. The molecule has 3 aromatic heterocycles. The molecule has 5 heterocycles. The Morgan fingerprint density at radius 3 is 2.62 bits per heavy atom. The Balaban J connectivity index is 1.29. The number of hydrogen-bond donors (Lipinski definition) is 1. The summed E-state index contributed by atoms with van der Waals surface area (Å²) in [5.74, 6) is 0.331. The third kappa shape index (κ3) is 5.33. The van der Waals surface area contributed by atoms with Crippen molar-refractivity contribution in [1.82, 2.24) is 24.9 Å². The third-order valence-electron chi connectivity index (χ3n) is 10.9.